The first-order valence-electron chi connectivity index (χ1n) is 9.89. The molecule has 0 unspecified atom stereocenters. The lowest BCUT2D eigenvalue weighted by Gasteiger charge is -2.29. The molecule has 1 heterocycles. The minimum atomic E-state index is 0.143. The van der Waals surface area contributed by atoms with Gasteiger partial charge in [0, 0.05) is 11.3 Å². The number of carbonyl (C=O) groups excluding carboxylic acids is 1. The van der Waals surface area contributed by atoms with Crippen LogP contribution in [0.2, 0.25) is 0 Å². The van der Waals surface area contributed by atoms with E-state index in [9.17, 15) is 4.79 Å². The quantitative estimate of drug-likeness (QED) is 0.702. The molecule has 0 radical (unpaired) electrons. The van der Waals surface area contributed by atoms with Crippen molar-refractivity contribution in [2.24, 2.45) is 0 Å². The predicted molar refractivity (Wildman–Crippen MR) is 104 cm³/mol. The van der Waals surface area contributed by atoms with Crippen LogP contribution in [-0.2, 0) is 24.2 Å². The molecule has 1 amide bonds. The first-order valence-corrected chi connectivity index (χ1v) is 9.89. The SMILES string of the molecule is O=C(C[NH+]1CC[NH+](Cc2ccccc2)CC1)Nc1ccc2c(c1)CCC2. The van der Waals surface area contributed by atoms with Gasteiger partial charge in [0.25, 0.3) is 5.91 Å². The zero-order valence-electron chi connectivity index (χ0n) is 15.4. The van der Waals surface area contributed by atoms with Crippen LogP contribution in [0.1, 0.15) is 23.1 Å². The molecule has 0 saturated carbocycles. The lowest BCUT2D eigenvalue weighted by atomic mass is 10.1. The second-order valence-electron chi connectivity index (χ2n) is 7.72. The summed E-state index contributed by atoms with van der Waals surface area (Å²) in [6.45, 7) is 6.08. The summed E-state index contributed by atoms with van der Waals surface area (Å²) < 4.78 is 0. The third kappa shape index (κ3) is 4.32. The van der Waals surface area contributed by atoms with Gasteiger partial charge in [0.1, 0.15) is 32.7 Å². The van der Waals surface area contributed by atoms with E-state index in [-0.39, 0.29) is 5.91 Å². The average molecular weight is 351 g/mol. The molecule has 3 N–H and O–H groups in total. The van der Waals surface area contributed by atoms with Gasteiger partial charge in [-0.3, -0.25) is 4.79 Å². The minimum Gasteiger partial charge on any atom is -0.322 e. The number of aryl methyl sites for hydroxylation is 2. The first-order chi connectivity index (χ1) is 12.8. The van der Waals surface area contributed by atoms with Gasteiger partial charge in [0.15, 0.2) is 6.54 Å². The third-order valence-corrected chi connectivity index (χ3v) is 5.75. The molecular weight excluding hydrogens is 322 g/mol. The van der Waals surface area contributed by atoms with Crippen molar-refractivity contribution in [1.29, 1.82) is 0 Å². The smallest absolute Gasteiger partial charge is 0.279 e. The van der Waals surface area contributed by atoms with Crippen molar-refractivity contribution in [2.75, 3.05) is 38.0 Å². The van der Waals surface area contributed by atoms with Crippen molar-refractivity contribution in [3.8, 4) is 0 Å². The molecular formula is C22H29N3O+2. The largest absolute Gasteiger partial charge is 0.322 e. The maximum atomic E-state index is 12.4. The van der Waals surface area contributed by atoms with Crippen LogP contribution in [0, 0.1) is 0 Å². The van der Waals surface area contributed by atoms with Crippen LogP contribution in [0.15, 0.2) is 48.5 Å². The Morgan fingerprint density at radius 3 is 2.42 bits per heavy atom. The molecule has 4 rings (SSSR count). The number of benzene rings is 2. The standard InChI is InChI=1S/C22H27N3O/c26-22(23-21-10-9-19-7-4-8-20(19)15-21)17-25-13-11-24(12-14-25)16-18-5-2-1-3-6-18/h1-3,5-6,9-10,15H,4,7-8,11-14,16-17H2,(H,23,26)/p+2. The number of fused-ring (bicyclic) bond motifs is 1. The summed E-state index contributed by atoms with van der Waals surface area (Å²) in [7, 11) is 0. The molecule has 136 valence electrons. The van der Waals surface area contributed by atoms with Crippen LogP contribution >= 0.6 is 0 Å². The number of rotatable bonds is 5. The average Bonchev–Trinajstić information content (AvgIpc) is 3.12. The van der Waals surface area contributed by atoms with Gasteiger partial charge in [-0.15, -0.1) is 0 Å². The molecule has 1 aliphatic carbocycles. The summed E-state index contributed by atoms with van der Waals surface area (Å²) >= 11 is 0. The number of hydrogen-bond donors (Lipinski definition) is 3. The summed E-state index contributed by atoms with van der Waals surface area (Å²) in [6.07, 6.45) is 3.58. The van der Waals surface area contributed by atoms with Gasteiger partial charge in [-0.05, 0) is 42.5 Å². The van der Waals surface area contributed by atoms with Crippen LogP contribution in [0.3, 0.4) is 0 Å². The van der Waals surface area contributed by atoms with E-state index in [1.807, 2.05) is 0 Å². The van der Waals surface area contributed by atoms with Gasteiger partial charge in [0.2, 0.25) is 0 Å². The maximum Gasteiger partial charge on any atom is 0.279 e. The Bertz CT molecular complexity index is 751. The zero-order valence-corrected chi connectivity index (χ0v) is 15.4. The highest BCUT2D eigenvalue weighted by molar-refractivity contribution is 5.91. The zero-order chi connectivity index (χ0) is 17.8. The van der Waals surface area contributed by atoms with Crippen LogP contribution in [0.4, 0.5) is 5.69 Å². The van der Waals surface area contributed by atoms with Crippen molar-refractivity contribution < 1.29 is 14.6 Å². The third-order valence-electron chi connectivity index (χ3n) is 5.75. The fourth-order valence-electron chi connectivity index (χ4n) is 4.28. The molecule has 0 bridgehead atoms. The topological polar surface area (TPSA) is 38.0 Å². The van der Waals surface area contributed by atoms with Gasteiger partial charge >= 0.3 is 0 Å². The van der Waals surface area contributed by atoms with E-state index in [1.165, 1.54) is 34.4 Å². The number of nitrogens with one attached hydrogen (secondary N) is 3. The Morgan fingerprint density at radius 1 is 0.885 bits per heavy atom. The Kier molecular flexibility index (Phi) is 5.32. The number of piperazine rings is 1. The molecule has 26 heavy (non-hydrogen) atoms. The minimum absolute atomic E-state index is 0.143. The van der Waals surface area contributed by atoms with Crippen LogP contribution in [-0.4, -0.2) is 38.6 Å². The molecule has 1 saturated heterocycles. The Balaban J connectivity index is 1.23. The maximum absolute atomic E-state index is 12.4. The Morgan fingerprint density at radius 2 is 1.62 bits per heavy atom. The highest BCUT2D eigenvalue weighted by Gasteiger charge is 2.25. The van der Waals surface area contributed by atoms with Gasteiger partial charge in [-0.1, -0.05) is 36.4 Å². The van der Waals surface area contributed by atoms with Crippen LogP contribution in [0.5, 0.6) is 0 Å². The lowest BCUT2D eigenvalue weighted by Crippen LogP contribution is -3.28. The van der Waals surface area contributed by atoms with Gasteiger partial charge in [0.05, 0.1) is 0 Å². The van der Waals surface area contributed by atoms with Crippen molar-refractivity contribution in [3.05, 3.63) is 65.2 Å². The van der Waals surface area contributed by atoms with Crippen LogP contribution < -0.4 is 15.1 Å². The fourth-order valence-corrected chi connectivity index (χ4v) is 4.28. The van der Waals surface area contributed by atoms with Gasteiger partial charge in [-0.25, -0.2) is 0 Å². The van der Waals surface area contributed by atoms with Crippen molar-refractivity contribution in [1.82, 2.24) is 0 Å². The molecule has 4 heteroatoms. The fraction of sp³-hybridized carbons (Fsp3) is 0.409. The van der Waals surface area contributed by atoms with E-state index in [2.05, 4.69) is 53.8 Å². The van der Waals surface area contributed by atoms with E-state index in [1.54, 1.807) is 4.90 Å². The summed E-state index contributed by atoms with van der Waals surface area (Å²) in [4.78, 5) is 15.4. The second kappa shape index (κ2) is 8.02. The molecule has 0 atom stereocenters. The predicted octanol–water partition coefficient (Wildman–Crippen LogP) is 0.0974. The summed E-state index contributed by atoms with van der Waals surface area (Å²) in [5.41, 5.74) is 5.23. The Hall–Kier alpha value is -2.17. The normalized spacial score (nSPS) is 22.0. The summed E-state index contributed by atoms with van der Waals surface area (Å²) in [5.74, 6) is 0.143. The van der Waals surface area contributed by atoms with Crippen molar-refractivity contribution >= 4 is 11.6 Å². The first kappa shape index (κ1) is 17.3. The molecule has 1 fully saturated rings. The van der Waals surface area contributed by atoms with Crippen LogP contribution in [0.25, 0.3) is 0 Å². The number of quaternary nitrogens is 2. The van der Waals surface area contributed by atoms with Gasteiger partial charge < -0.3 is 15.1 Å². The second-order valence-corrected chi connectivity index (χ2v) is 7.72. The Labute approximate surface area is 155 Å². The number of hydrogen-bond acceptors (Lipinski definition) is 1. The van der Waals surface area contributed by atoms with Gasteiger partial charge in [-0.2, -0.15) is 0 Å². The molecule has 1 aliphatic heterocycles. The summed E-state index contributed by atoms with van der Waals surface area (Å²) in [6, 6.07) is 17.1. The van der Waals surface area contributed by atoms with E-state index in [0.717, 1.165) is 44.8 Å². The molecule has 2 aromatic carbocycles. The molecule has 0 spiro atoms. The molecule has 0 aromatic heterocycles. The lowest BCUT2D eigenvalue weighted by molar-refractivity contribution is -1.02. The van der Waals surface area contributed by atoms with Crippen molar-refractivity contribution in [2.45, 2.75) is 25.8 Å². The number of carbonyl (C=O) groups is 1. The van der Waals surface area contributed by atoms with E-state index in [4.69, 9.17) is 0 Å². The van der Waals surface area contributed by atoms with Crippen molar-refractivity contribution in [3.63, 3.8) is 0 Å². The molecule has 2 aromatic rings. The molecule has 2 aliphatic rings. The van der Waals surface area contributed by atoms with E-state index in [0.29, 0.717) is 6.54 Å². The monoisotopic (exact) mass is 351 g/mol. The number of amides is 1. The molecule has 4 nitrogen and oxygen atoms in total. The number of anilines is 1. The highest BCUT2D eigenvalue weighted by Crippen LogP contribution is 2.24. The van der Waals surface area contributed by atoms with E-state index < -0.39 is 0 Å². The van der Waals surface area contributed by atoms with E-state index >= 15 is 0 Å². The highest BCUT2D eigenvalue weighted by atomic mass is 16.2. The summed E-state index contributed by atoms with van der Waals surface area (Å²) in [5, 5.41) is 3.10.